The molecule has 1 aromatic heterocycles. The van der Waals surface area contributed by atoms with Crippen LogP contribution in [0.1, 0.15) is 49.5 Å². The van der Waals surface area contributed by atoms with Crippen LogP contribution in [0.5, 0.6) is 0 Å². The minimum absolute atomic E-state index is 0.0342. The van der Waals surface area contributed by atoms with Gasteiger partial charge in [0.1, 0.15) is 6.04 Å². The number of urea groups is 1. The quantitative estimate of drug-likeness (QED) is 0.820. The van der Waals surface area contributed by atoms with Gasteiger partial charge in [0.2, 0.25) is 5.89 Å². The molecule has 0 radical (unpaired) electrons. The normalized spacial score (nSPS) is 24.8. The van der Waals surface area contributed by atoms with Crippen LogP contribution in [0.25, 0.3) is 0 Å². The molecular weight excluding hydrogens is 360 g/mol. The molecule has 0 bridgehead atoms. The first kappa shape index (κ1) is 18.5. The van der Waals surface area contributed by atoms with Gasteiger partial charge in [0.05, 0.1) is 5.41 Å². The molecule has 8 nitrogen and oxygen atoms in total. The fourth-order valence-corrected chi connectivity index (χ4v) is 4.43. The number of nitrogens with zero attached hydrogens (tertiary/aromatic N) is 3. The zero-order chi connectivity index (χ0) is 19.7. The van der Waals surface area contributed by atoms with Gasteiger partial charge in [0.15, 0.2) is 5.82 Å². The second-order valence-electron chi connectivity index (χ2n) is 7.81. The molecule has 2 amide bonds. The Morgan fingerprint density at radius 1 is 1.39 bits per heavy atom. The molecule has 2 heterocycles. The smallest absolute Gasteiger partial charge is 0.318 e. The van der Waals surface area contributed by atoms with Crippen molar-refractivity contribution >= 4 is 12.0 Å². The number of benzene rings is 1. The Kier molecular flexibility index (Phi) is 4.78. The zero-order valence-electron chi connectivity index (χ0n) is 15.8. The SMILES string of the molecule is CC(NC(=O)N1C[C@@H]2CCC[C@@]2(C(=O)O)C1)c1nc(Cc2ccccc2)no1. The van der Waals surface area contributed by atoms with Gasteiger partial charge in [-0.15, -0.1) is 0 Å². The number of aromatic nitrogens is 2. The summed E-state index contributed by atoms with van der Waals surface area (Å²) in [5.74, 6) is 0.141. The molecule has 8 heteroatoms. The van der Waals surface area contributed by atoms with E-state index < -0.39 is 17.4 Å². The summed E-state index contributed by atoms with van der Waals surface area (Å²) in [7, 11) is 0. The van der Waals surface area contributed by atoms with Crippen molar-refractivity contribution in [3.63, 3.8) is 0 Å². The second-order valence-corrected chi connectivity index (χ2v) is 7.81. The molecule has 0 spiro atoms. The van der Waals surface area contributed by atoms with Gasteiger partial charge in [0.25, 0.3) is 0 Å². The third kappa shape index (κ3) is 3.34. The number of carboxylic acids is 1. The highest BCUT2D eigenvalue weighted by molar-refractivity contribution is 5.80. The molecule has 28 heavy (non-hydrogen) atoms. The van der Waals surface area contributed by atoms with Gasteiger partial charge in [-0.25, -0.2) is 4.79 Å². The summed E-state index contributed by atoms with van der Waals surface area (Å²) in [5, 5.41) is 16.5. The van der Waals surface area contributed by atoms with Crippen LogP contribution in [-0.4, -0.2) is 45.2 Å². The highest BCUT2D eigenvalue weighted by atomic mass is 16.5. The number of hydrogen-bond acceptors (Lipinski definition) is 5. The molecule has 2 fully saturated rings. The van der Waals surface area contributed by atoms with Crippen molar-refractivity contribution < 1.29 is 19.2 Å². The van der Waals surface area contributed by atoms with Crippen molar-refractivity contribution in [2.24, 2.45) is 11.3 Å². The predicted molar refractivity (Wildman–Crippen MR) is 99.5 cm³/mol. The van der Waals surface area contributed by atoms with Gasteiger partial charge in [0, 0.05) is 19.5 Å². The molecule has 3 atom stereocenters. The van der Waals surface area contributed by atoms with E-state index in [-0.39, 0.29) is 18.5 Å². The first-order valence-corrected chi connectivity index (χ1v) is 9.63. The molecule has 1 saturated carbocycles. The van der Waals surface area contributed by atoms with E-state index in [9.17, 15) is 14.7 Å². The average Bonchev–Trinajstić information content (AvgIpc) is 3.36. The molecule has 2 N–H and O–H groups in total. The topological polar surface area (TPSA) is 109 Å². The van der Waals surface area contributed by atoms with E-state index in [1.54, 1.807) is 11.8 Å². The van der Waals surface area contributed by atoms with Crippen LogP contribution < -0.4 is 5.32 Å². The Bertz CT molecular complexity index is 868. The van der Waals surface area contributed by atoms with Gasteiger partial charge in [-0.3, -0.25) is 4.79 Å². The fourth-order valence-electron chi connectivity index (χ4n) is 4.43. The number of carboxylic acid groups (broad SMARTS) is 1. The first-order chi connectivity index (χ1) is 13.5. The molecule has 2 aromatic rings. The van der Waals surface area contributed by atoms with E-state index >= 15 is 0 Å². The van der Waals surface area contributed by atoms with E-state index in [0.717, 1.165) is 18.4 Å². The molecule has 2 aliphatic rings. The van der Waals surface area contributed by atoms with Crippen molar-refractivity contribution in [1.29, 1.82) is 0 Å². The van der Waals surface area contributed by atoms with E-state index in [0.29, 0.717) is 31.1 Å². The van der Waals surface area contributed by atoms with Gasteiger partial charge >= 0.3 is 12.0 Å². The summed E-state index contributed by atoms with van der Waals surface area (Å²) in [6.45, 7) is 2.52. The minimum Gasteiger partial charge on any atom is -0.481 e. The predicted octanol–water partition coefficient (Wildman–Crippen LogP) is 2.62. The maximum Gasteiger partial charge on any atom is 0.318 e. The lowest BCUT2D eigenvalue weighted by atomic mass is 9.81. The summed E-state index contributed by atoms with van der Waals surface area (Å²) >= 11 is 0. The first-order valence-electron chi connectivity index (χ1n) is 9.63. The number of fused-ring (bicyclic) bond motifs is 1. The zero-order valence-corrected chi connectivity index (χ0v) is 15.8. The average molecular weight is 384 g/mol. The minimum atomic E-state index is -0.791. The highest BCUT2D eigenvalue weighted by Gasteiger charge is 2.55. The van der Waals surface area contributed by atoms with Crippen molar-refractivity contribution in [2.75, 3.05) is 13.1 Å². The Morgan fingerprint density at radius 3 is 2.89 bits per heavy atom. The summed E-state index contributed by atoms with van der Waals surface area (Å²) in [5.41, 5.74) is 0.294. The Balaban J connectivity index is 1.37. The monoisotopic (exact) mass is 384 g/mol. The molecule has 4 rings (SSSR count). The van der Waals surface area contributed by atoms with Gasteiger partial charge in [-0.05, 0) is 31.2 Å². The van der Waals surface area contributed by atoms with Crippen LogP contribution in [0.3, 0.4) is 0 Å². The lowest BCUT2D eigenvalue weighted by Crippen LogP contribution is -2.42. The second kappa shape index (κ2) is 7.26. The van der Waals surface area contributed by atoms with Crippen molar-refractivity contribution in [3.05, 3.63) is 47.6 Å². The largest absolute Gasteiger partial charge is 0.481 e. The molecule has 148 valence electrons. The van der Waals surface area contributed by atoms with Gasteiger partial charge < -0.3 is 19.8 Å². The number of carbonyl (C=O) groups excluding carboxylic acids is 1. The Labute approximate surface area is 162 Å². The molecular formula is C20H24N4O4. The van der Waals surface area contributed by atoms with E-state index in [2.05, 4.69) is 15.5 Å². The number of hydrogen-bond donors (Lipinski definition) is 2. The molecule has 1 aromatic carbocycles. The van der Waals surface area contributed by atoms with Crippen molar-refractivity contribution in [1.82, 2.24) is 20.4 Å². The maximum atomic E-state index is 12.7. The summed E-state index contributed by atoms with van der Waals surface area (Å²) < 4.78 is 5.31. The Hall–Kier alpha value is -2.90. The Morgan fingerprint density at radius 2 is 2.18 bits per heavy atom. The van der Waals surface area contributed by atoms with Gasteiger partial charge in [-0.2, -0.15) is 4.98 Å². The van der Waals surface area contributed by atoms with Crippen LogP contribution in [0.15, 0.2) is 34.9 Å². The van der Waals surface area contributed by atoms with E-state index in [1.807, 2.05) is 30.3 Å². The number of aliphatic carboxylic acids is 1. The van der Waals surface area contributed by atoms with Crippen LogP contribution >= 0.6 is 0 Å². The van der Waals surface area contributed by atoms with Crippen molar-refractivity contribution in [3.8, 4) is 0 Å². The van der Waals surface area contributed by atoms with E-state index in [1.165, 1.54) is 0 Å². The number of amides is 2. The highest BCUT2D eigenvalue weighted by Crippen LogP contribution is 2.48. The molecule has 1 unspecified atom stereocenters. The summed E-state index contributed by atoms with van der Waals surface area (Å²) in [4.78, 5) is 30.4. The van der Waals surface area contributed by atoms with Crippen LogP contribution in [0.4, 0.5) is 4.79 Å². The molecule has 1 aliphatic heterocycles. The summed E-state index contributed by atoms with van der Waals surface area (Å²) in [6, 6.07) is 9.09. The third-order valence-corrected chi connectivity index (χ3v) is 5.98. The number of carbonyl (C=O) groups is 2. The van der Waals surface area contributed by atoms with E-state index in [4.69, 9.17) is 4.52 Å². The lowest BCUT2D eigenvalue weighted by Gasteiger charge is -2.24. The number of nitrogens with one attached hydrogen (secondary N) is 1. The van der Waals surface area contributed by atoms with Crippen LogP contribution in [0, 0.1) is 11.3 Å². The van der Waals surface area contributed by atoms with Crippen molar-refractivity contribution in [2.45, 2.75) is 38.6 Å². The summed E-state index contributed by atoms with van der Waals surface area (Å²) in [6.07, 6.45) is 2.96. The number of likely N-dealkylation sites (tertiary alicyclic amines) is 1. The standard InChI is InChI=1S/C20H24N4O4/c1-13(17-22-16(23-28-17)10-14-6-3-2-4-7-14)21-19(27)24-11-15-8-5-9-20(15,12-24)18(25)26/h2-4,6-7,13,15H,5,8-12H2,1H3,(H,21,27)(H,25,26)/t13?,15-,20+/m0/s1. The maximum absolute atomic E-state index is 12.7. The number of rotatable bonds is 5. The molecule has 1 saturated heterocycles. The van der Waals surface area contributed by atoms with Crippen LogP contribution in [0.2, 0.25) is 0 Å². The fraction of sp³-hybridized carbons (Fsp3) is 0.500. The molecule has 1 aliphatic carbocycles. The third-order valence-electron chi connectivity index (χ3n) is 5.98. The van der Waals surface area contributed by atoms with Gasteiger partial charge in [-0.1, -0.05) is 41.9 Å². The lowest BCUT2D eigenvalue weighted by molar-refractivity contribution is -0.149. The van der Waals surface area contributed by atoms with Crippen LogP contribution in [-0.2, 0) is 11.2 Å².